The van der Waals surface area contributed by atoms with Crippen LogP contribution < -0.4 is 5.32 Å². The summed E-state index contributed by atoms with van der Waals surface area (Å²) in [6, 6.07) is -0.214. The van der Waals surface area contributed by atoms with Crippen LogP contribution in [-0.4, -0.2) is 41.1 Å². The summed E-state index contributed by atoms with van der Waals surface area (Å²) in [4.78, 5) is 39.5. The predicted octanol–water partition coefficient (Wildman–Crippen LogP) is 3.31. The van der Waals surface area contributed by atoms with E-state index in [9.17, 15) is 14.4 Å². The Hall–Kier alpha value is -1.39. The SMILES string of the molecule is CC(C)(C)C(=O)C1CCC(NC(=O)[C@@H]2CCCN2C(=O)C(C)(C)C)CC1. The maximum Gasteiger partial charge on any atom is 0.243 e. The molecule has 0 unspecified atom stereocenters. The second-order valence-corrected chi connectivity index (χ2v) is 10.1. The van der Waals surface area contributed by atoms with E-state index in [0.717, 1.165) is 38.5 Å². The first-order valence-electron chi connectivity index (χ1n) is 10.1. The molecule has 2 aliphatic rings. The average Bonchev–Trinajstić information content (AvgIpc) is 3.01. The number of hydrogen-bond acceptors (Lipinski definition) is 3. The van der Waals surface area contributed by atoms with Crippen LogP contribution in [0.2, 0.25) is 0 Å². The number of amides is 2. The summed E-state index contributed by atoms with van der Waals surface area (Å²) in [6.45, 7) is 12.3. The fraction of sp³-hybridized carbons (Fsp3) is 0.857. The summed E-state index contributed by atoms with van der Waals surface area (Å²) in [7, 11) is 0. The molecule has 5 nitrogen and oxygen atoms in total. The predicted molar refractivity (Wildman–Crippen MR) is 103 cm³/mol. The van der Waals surface area contributed by atoms with Gasteiger partial charge in [-0.1, -0.05) is 41.5 Å². The lowest BCUT2D eigenvalue weighted by Gasteiger charge is -2.34. The third kappa shape index (κ3) is 4.86. The summed E-state index contributed by atoms with van der Waals surface area (Å²) < 4.78 is 0. The Morgan fingerprint density at radius 2 is 1.42 bits per heavy atom. The first-order chi connectivity index (χ1) is 11.9. The van der Waals surface area contributed by atoms with Gasteiger partial charge < -0.3 is 10.2 Å². The van der Waals surface area contributed by atoms with Crippen LogP contribution in [0, 0.1) is 16.7 Å². The molecule has 1 atom stereocenters. The van der Waals surface area contributed by atoms with Crippen molar-refractivity contribution in [3.63, 3.8) is 0 Å². The monoisotopic (exact) mass is 364 g/mol. The van der Waals surface area contributed by atoms with E-state index in [1.165, 1.54) is 0 Å². The number of ketones is 1. The first kappa shape index (κ1) is 20.9. The van der Waals surface area contributed by atoms with Gasteiger partial charge in [-0.25, -0.2) is 0 Å². The van der Waals surface area contributed by atoms with Crippen LogP contribution in [0.4, 0.5) is 0 Å². The molecular formula is C21H36N2O3. The molecule has 2 fully saturated rings. The normalized spacial score (nSPS) is 27.3. The van der Waals surface area contributed by atoms with Crippen molar-refractivity contribution >= 4 is 17.6 Å². The number of likely N-dealkylation sites (tertiary alicyclic amines) is 1. The number of Topliss-reactive ketones (excluding diaryl/α,β-unsaturated/α-hetero) is 1. The fourth-order valence-corrected chi connectivity index (χ4v) is 4.12. The number of nitrogens with zero attached hydrogens (tertiary/aromatic N) is 1. The van der Waals surface area contributed by atoms with Crippen LogP contribution in [0.3, 0.4) is 0 Å². The number of carbonyl (C=O) groups excluding carboxylic acids is 3. The van der Waals surface area contributed by atoms with Gasteiger partial charge in [0, 0.05) is 29.3 Å². The topological polar surface area (TPSA) is 66.5 Å². The standard InChI is InChI=1S/C21H36N2O3/c1-20(2,3)17(24)14-9-11-15(12-10-14)22-18(25)16-8-7-13-23(16)19(26)21(4,5)6/h14-16H,7-13H2,1-6H3,(H,22,25)/t14?,15?,16-/m0/s1. The van der Waals surface area contributed by atoms with E-state index >= 15 is 0 Å². The molecule has 0 aromatic rings. The van der Waals surface area contributed by atoms with E-state index in [2.05, 4.69) is 5.32 Å². The minimum absolute atomic E-state index is 0.0225. The summed E-state index contributed by atoms with van der Waals surface area (Å²) >= 11 is 0. The molecular weight excluding hydrogens is 328 g/mol. The second-order valence-electron chi connectivity index (χ2n) is 10.1. The molecule has 0 bridgehead atoms. The molecule has 1 aliphatic heterocycles. The zero-order valence-corrected chi connectivity index (χ0v) is 17.4. The largest absolute Gasteiger partial charge is 0.352 e. The van der Waals surface area contributed by atoms with Gasteiger partial charge in [0.15, 0.2) is 0 Å². The van der Waals surface area contributed by atoms with E-state index in [0.29, 0.717) is 12.3 Å². The van der Waals surface area contributed by atoms with Gasteiger partial charge in [-0.2, -0.15) is 0 Å². The Balaban J connectivity index is 1.89. The third-order valence-corrected chi connectivity index (χ3v) is 5.64. The summed E-state index contributed by atoms with van der Waals surface area (Å²) in [5, 5.41) is 3.15. The molecule has 26 heavy (non-hydrogen) atoms. The fourth-order valence-electron chi connectivity index (χ4n) is 4.12. The van der Waals surface area contributed by atoms with Crippen molar-refractivity contribution in [2.75, 3.05) is 6.54 Å². The van der Waals surface area contributed by atoms with E-state index < -0.39 is 5.41 Å². The van der Waals surface area contributed by atoms with Gasteiger partial charge in [-0.05, 0) is 38.5 Å². The van der Waals surface area contributed by atoms with Gasteiger partial charge in [0.1, 0.15) is 11.8 Å². The molecule has 5 heteroatoms. The van der Waals surface area contributed by atoms with Crippen molar-refractivity contribution in [1.29, 1.82) is 0 Å². The van der Waals surface area contributed by atoms with Gasteiger partial charge in [0.2, 0.25) is 11.8 Å². The lowest BCUT2D eigenvalue weighted by atomic mass is 9.75. The molecule has 0 aromatic heterocycles. The zero-order valence-electron chi connectivity index (χ0n) is 17.4. The number of nitrogens with one attached hydrogen (secondary N) is 1. The highest BCUT2D eigenvalue weighted by molar-refractivity contribution is 5.90. The van der Waals surface area contributed by atoms with E-state index in [4.69, 9.17) is 0 Å². The van der Waals surface area contributed by atoms with Crippen molar-refractivity contribution in [3.05, 3.63) is 0 Å². The Morgan fingerprint density at radius 1 is 0.846 bits per heavy atom. The van der Waals surface area contributed by atoms with Gasteiger partial charge >= 0.3 is 0 Å². The Kier molecular flexibility index (Phi) is 6.19. The van der Waals surface area contributed by atoms with Crippen LogP contribution in [-0.2, 0) is 14.4 Å². The van der Waals surface area contributed by atoms with Crippen molar-refractivity contribution < 1.29 is 14.4 Å². The highest BCUT2D eigenvalue weighted by atomic mass is 16.2. The van der Waals surface area contributed by atoms with Crippen molar-refractivity contribution in [2.45, 2.75) is 92.2 Å². The van der Waals surface area contributed by atoms with Crippen LogP contribution in [0.1, 0.15) is 80.1 Å². The van der Waals surface area contributed by atoms with Crippen LogP contribution in [0.15, 0.2) is 0 Å². The molecule has 0 spiro atoms. The van der Waals surface area contributed by atoms with Crippen LogP contribution in [0.5, 0.6) is 0 Å². The molecule has 2 amide bonds. The lowest BCUT2D eigenvalue weighted by molar-refractivity contribution is -0.145. The third-order valence-electron chi connectivity index (χ3n) is 5.64. The molecule has 1 saturated heterocycles. The van der Waals surface area contributed by atoms with Crippen LogP contribution in [0.25, 0.3) is 0 Å². The number of rotatable bonds is 3. The summed E-state index contributed by atoms with van der Waals surface area (Å²) in [5.41, 5.74) is -0.757. The Bertz CT molecular complexity index is 549. The molecule has 1 N–H and O–H groups in total. The highest BCUT2D eigenvalue weighted by Crippen LogP contribution is 2.32. The Labute approximate surface area is 158 Å². The smallest absolute Gasteiger partial charge is 0.243 e. The molecule has 0 aromatic carbocycles. The first-order valence-corrected chi connectivity index (χ1v) is 10.1. The van der Waals surface area contributed by atoms with Gasteiger partial charge in [-0.3, -0.25) is 14.4 Å². The van der Waals surface area contributed by atoms with Crippen molar-refractivity contribution in [1.82, 2.24) is 10.2 Å². The van der Waals surface area contributed by atoms with Gasteiger partial charge in [0.25, 0.3) is 0 Å². The molecule has 1 heterocycles. The molecule has 2 rings (SSSR count). The maximum absolute atomic E-state index is 12.8. The molecule has 0 radical (unpaired) electrons. The minimum atomic E-state index is -0.464. The van der Waals surface area contributed by atoms with Crippen LogP contribution >= 0.6 is 0 Å². The quantitative estimate of drug-likeness (QED) is 0.835. The molecule has 1 aliphatic carbocycles. The van der Waals surface area contributed by atoms with E-state index in [-0.39, 0.29) is 35.2 Å². The lowest BCUT2D eigenvalue weighted by Crippen LogP contribution is -2.52. The summed E-state index contributed by atoms with van der Waals surface area (Å²) in [6.07, 6.45) is 5.00. The van der Waals surface area contributed by atoms with Gasteiger partial charge in [-0.15, -0.1) is 0 Å². The highest BCUT2D eigenvalue weighted by Gasteiger charge is 2.39. The molecule has 1 saturated carbocycles. The van der Waals surface area contributed by atoms with Crippen molar-refractivity contribution in [2.24, 2.45) is 16.7 Å². The van der Waals surface area contributed by atoms with Crippen molar-refractivity contribution in [3.8, 4) is 0 Å². The van der Waals surface area contributed by atoms with E-state index in [1.807, 2.05) is 41.5 Å². The number of carbonyl (C=O) groups is 3. The number of hydrogen-bond donors (Lipinski definition) is 1. The van der Waals surface area contributed by atoms with Gasteiger partial charge in [0.05, 0.1) is 0 Å². The zero-order chi connectivity index (χ0) is 19.7. The van der Waals surface area contributed by atoms with E-state index in [1.54, 1.807) is 4.90 Å². The maximum atomic E-state index is 12.8. The second kappa shape index (κ2) is 7.69. The summed E-state index contributed by atoms with van der Waals surface area (Å²) in [5.74, 6) is 0.481. The average molecular weight is 365 g/mol. The molecule has 148 valence electrons. The minimum Gasteiger partial charge on any atom is -0.352 e. The Morgan fingerprint density at radius 3 is 1.92 bits per heavy atom.